The molecule has 0 bridgehead atoms. The van der Waals surface area contributed by atoms with Crippen LogP contribution in [0, 0.1) is 0 Å². The Morgan fingerprint density at radius 1 is 0.789 bits per heavy atom. The molecule has 0 saturated carbocycles. The molecule has 0 saturated heterocycles. The summed E-state index contributed by atoms with van der Waals surface area (Å²) in [5.41, 5.74) is -0.437. The number of alkyl halides is 4. The predicted octanol–water partition coefficient (Wildman–Crippen LogP) is 5.05. The van der Waals surface area contributed by atoms with Gasteiger partial charge in [0.05, 0.1) is 0 Å². The van der Waals surface area contributed by atoms with Gasteiger partial charge in [0.2, 0.25) is 6.17 Å². The minimum atomic E-state index is -4.89. The number of ether oxygens (including phenoxy) is 1. The first kappa shape index (κ1) is 13.4. The van der Waals surface area contributed by atoms with Crippen LogP contribution in [0.3, 0.4) is 0 Å². The van der Waals surface area contributed by atoms with E-state index in [0.29, 0.717) is 11.5 Å². The summed E-state index contributed by atoms with van der Waals surface area (Å²) in [5, 5.41) is 0. The molecule has 0 spiro atoms. The highest BCUT2D eigenvalue weighted by Gasteiger charge is 2.41. The minimum absolute atomic E-state index is 0.351. The van der Waals surface area contributed by atoms with Crippen LogP contribution in [0.15, 0.2) is 54.6 Å². The summed E-state index contributed by atoms with van der Waals surface area (Å²) in [4.78, 5) is 0. The third-order valence-electron chi connectivity index (χ3n) is 2.44. The molecule has 19 heavy (non-hydrogen) atoms. The van der Waals surface area contributed by atoms with Crippen molar-refractivity contribution in [1.29, 1.82) is 0 Å². The maximum atomic E-state index is 13.0. The van der Waals surface area contributed by atoms with Gasteiger partial charge < -0.3 is 4.74 Å². The Morgan fingerprint density at radius 2 is 1.32 bits per heavy atom. The molecule has 1 nitrogen and oxygen atoms in total. The van der Waals surface area contributed by atoms with Crippen molar-refractivity contribution in [2.75, 3.05) is 0 Å². The lowest BCUT2D eigenvalue weighted by molar-refractivity contribution is -0.182. The monoisotopic (exact) mass is 270 g/mol. The van der Waals surface area contributed by atoms with E-state index in [-0.39, 0.29) is 0 Å². The van der Waals surface area contributed by atoms with Gasteiger partial charge in [-0.2, -0.15) is 13.2 Å². The van der Waals surface area contributed by atoms with Crippen molar-refractivity contribution in [2.45, 2.75) is 12.3 Å². The summed E-state index contributed by atoms with van der Waals surface area (Å²) < 4.78 is 55.0. The van der Waals surface area contributed by atoms with Gasteiger partial charge in [-0.15, -0.1) is 0 Å². The molecule has 5 heteroatoms. The quantitative estimate of drug-likeness (QED) is 0.709. The van der Waals surface area contributed by atoms with Crippen molar-refractivity contribution in [3.63, 3.8) is 0 Å². The van der Waals surface area contributed by atoms with Crippen molar-refractivity contribution in [3.05, 3.63) is 60.2 Å². The third kappa shape index (κ3) is 3.47. The van der Waals surface area contributed by atoms with Crippen molar-refractivity contribution < 1.29 is 22.3 Å². The van der Waals surface area contributed by atoms with Gasteiger partial charge in [0.1, 0.15) is 11.5 Å². The summed E-state index contributed by atoms with van der Waals surface area (Å²) in [6.07, 6.45) is -7.86. The SMILES string of the molecule is FC(c1ccc(Oc2ccccc2)cc1)C(F)(F)F. The molecule has 1 atom stereocenters. The van der Waals surface area contributed by atoms with Crippen LogP contribution in [0.4, 0.5) is 17.6 Å². The smallest absolute Gasteiger partial charge is 0.423 e. The standard InChI is InChI=1S/C14H10F4O/c15-13(14(16,17)18)10-6-8-12(9-7-10)19-11-4-2-1-3-5-11/h1-9,13H. The van der Waals surface area contributed by atoms with Gasteiger partial charge in [0.15, 0.2) is 0 Å². The second kappa shape index (κ2) is 5.30. The first-order valence-electron chi connectivity index (χ1n) is 5.50. The van der Waals surface area contributed by atoms with Gasteiger partial charge in [0, 0.05) is 0 Å². The van der Waals surface area contributed by atoms with Gasteiger partial charge in [-0.3, -0.25) is 0 Å². The van der Waals surface area contributed by atoms with E-state index in [4.69, 9.17) is 4.74 Å². The van der Waals surface area contributed by atoms with Crippen molar-refractivity contribution in [3.8, 4) is 11.5 Å². The highest BCUT2D eigenvalue weighted by atomic mass is 19.4. The Kier molecular flexibility index (Phi) is 3.74. The van der Waals surface area contributed by atoms with E-state index in [9.17, 15) is 17.6 Å². The van der Waals surface area contributed by atoms with Gasteiger partial charge >= 0.3 is 6.18 Å². The molecule has 0 amide bonds. The summed E-state index contributed by atoms with van der Waals surface area (Å²) >= 11 is 0. The lowest BCUT2D eigenvalue weighted by Gasteiger charge is -2.13. The molecule has 2 aromatic rings. The molecule has 2 aromatic carbocycles. The molecule has 1 unspecified atom stereocenters. The summed E-state index contributed by atoms with van der Waals surface area (Å²) in [6.45, 7) is 0. The van der Waals surface area contributed by atoms with Crippen LogP contribution >= 0.6 is 0 Å². The van der Waals surface area contributed by atoms with E-state index in [1.807, 2.05) is 6.07 Å². The average Bonchev–Trinajstić information content (AvgIpc) is 2.39. The molecule has 0 aliphatic rings. The van der Waals surface area contributed by atoms with Crippen LogP contribution in [0.2, 0.25) is 0 Å². The molecular weight excluding hydrogens is 260 g/mol. The maximum Gasteiger partial charge on any atom is 0.423 e. The first-order valence-corrected chi connectivity index (χ1v) is 5.50. The fraction of sp³-hybridized carbons (Fsp3) is 0.143. The van der Waals surface area contributed by atoms with Crippen LogP contribution in [0.1, 0.15) is 11.7 Å². The van der Waals surface area contributed by atoms with Gasteiger partial charge in [-0.25, -0.2) is 4.39 Å². The van der Waals surface area contributed by atoms with E-state index in [0.717, 1.165) is 12.1 Å². The second-order valence-corrected chi connectivity index (χ2v) is 3.89. The highest BCUT2D eigenvalue weighted by molar-refractivity contribution is 5.33. The Labute approximate surface area is 107 Å². The predicted molar refractivity (Wildman–Crippen MR) is 62.9 cm³/mol. The van der Waals surface area contributed by atoms with E-state index >= 15 is 0 Å². The molecule has 0 aromatic heterocycles. The van der Waals surface area contributed by atoms with Gasteiger partial charge in [-0.1, -0.05) is 30.3 Å². The summed E-state index contributed by atoms with van der Waals surface area (Å²) in [6, 6.07) is 13.5. The van der Waals surface area contributed by atoms with Crippen LogP contribution in [-0.4, -0.2) is 6.18 Å². The van der Waals surface area contributed by atoms with Crippen molar-refractivity contribution in [1.82, 2.24) is 0 Å². The fourth-order valence-corrected chi connectivity index (χ4v) is 1.52. The largest absolute Gasteiger partial charge is 0.457 e. The Bertz CT molecular complexity index is 519. The van der Waals surface area contributed by atoms with E-state index in [1.165, 1.54) is 12.1 Å². The van der Waals surface area contributed by atoms with E-state index in [1.54, 1.807) is 24.3 Å². The number of para-hydroxylation sites is 1. The fourth-order valence-electron chi connectivity index (χ4n) is 1.52. The number of hydrogen-bond donors (Lipinski definition) is 0. The molecule has 0 N–H and O–H groups in total. The van der Waals surface area contributed by atoms with Crippen LogP contribution in [0.5, 0.6) is 11.5 Å². The first-order chi connectivity index (χ1) is 8.97. The van der Waals surface area contributed by atoms with Gasteiger partial charge in [-0.05, 0) is 29.8 Å². The summed E-state index contributed by atoms with van der Waals surface area (Å²) in [7, 11) is 0. The Hall–Kier alpha value is -2.04. The molecule has 0 heterocycles. The molecule has 100 valence electrons. The average molecular weight is 270 g/mol. The summed E-state index contributed by atoms with van der Waals surface area (Å²) in [5.74, 6) is 0.909. The Balaban J connectivity index is 2.11. The molecule has 0 fully saturated rings. The van der Waals surface area contributed by atoms with Crippen LogP contribution < -0.4 is 4.74 Å². The number of halogens is 4. The van der Waals surface area contributed by atoms with Crippen LogP contribution in [0.25, 0.3) is 0 Å². The van der Waals surface area contributed by atoms with E-state index in [2.05, 4.69) is 0 Å². The normalized spacial score (nSPS) is 13.1. The zero-order chi connectivity index (χ0) is 13.9. The topological polar surface area (TPSA) is 9.23 Å². The van der Waals surface area contributed by atoms with Crippen molar-refractivity contribution in [2.24, 2.45) is 0 Å². The zero-order valence-electron chi connectivity index (χ0n) is 9.69. The minimum Gasteiger partial charge on any atom is -0.457 e. The Morgan fingerprint density at radius 3 is 1.84 bits per heavy atom. The second-order valence-electron chi connectivity index (χ2n) is 3.89. The van der Waals surface area contributed by atoms with Crippen molar-refractivity contribution >= 4 is 0 Å². The number of hydrogen-bond acceptors (Lipinski definition) is 1. The third-order valence-corrected chi connectivity index (χ3v) is 2.44. The van der Waals surface area contributed by atoms with E-state index < -0.39 is 17.9 Å². The molecule has 0 radical (unpaired) electrons. The number of benzene rings is 2. The van der Waals surface area contributed by atoms with Gasteiger partial charge in [0.25, 0.3) is 0 Å². The molecular formula is C14H10F4O. The zero-order valence-corrected chi connectivity index (χ0v) is 9.69. The lowest BCUT2D eigenvalue weighted by Crippen LogP contribution is -2.16. The lowest BCUT2D eigenvalue weighted by atomic mass is 10.1. The molecule has 2 rings (SSSR count). The molecule has 0 aliphatic heterocycles. The molecule has 0 aliphatic carbocycles. The maximum absolute atomic E-state index is 13.0. The van der Waals surface area contributed by atoms with Crippen LogP contribution in [-0.2, 0) is 0 Å². The number of rotatable bonds is 3. The highest BCUT2D eigenvalue weighted by Crippen LogP contribution is 2.36.